The van der Waals surface area contributed by atoms with Crippen LogP contribution >= 0.6 is 11.8 Å². The molecule has 0 aromatic heterocycles. The molecule has 0 saturated carbocycles. The van der Waals surface area contributed by atoms with E-state index in [4.69, 9.17) is 9.47 Å². The first-order valence-corrected chi connectivity index (χ1v) is 8.81. The molecule has 2 aliphatic heterocycles. The molecule has 0 radical (unpaired) electrons. The average molecular weight is 356 g/mol. The van der Waals surface area contributed by atoms with Crippen LogP contribution in [-0.4, -0.2) is 30.3 Å². The summed E-state index contributed by atoms with van der Waals surface area (Å²) in [6.45, 7) is 2.87. The molecule has 2 aromatic carbocycles. The van der Waals surface area contributed by atoms with Gasteiger partial charge in [0, 0.05) is 22.2 Å². The molecule has 6 nitrogen and oxygen atoms in total. The van der Waals surface area contributed by atoms with Gasteiger partial charge in [0.25, 0.3) is 5.91 Å². The second-order valence-electron chi connectivity index (χ2n) is 5.77. The third-order valence-corrected chi connectivity index (χ3v) is 5.15. The molecule has 1 atom stereocenters. The highest BCUT2D eigenvalue weighted by Gasteiger charge is 2.24. The quantitative estimate of drug-likeness (QED) is 0.864. The molecule has 0 spiro atoms. The maximum absolute atomic E-state index is 12.5. The van der Waals surface area contributed by atoms with Crippen molar-refractivity contribution < 1.29 is 19.1 Å². The van der Waals surface area contributed by atoms with Crippen LogP contribution in [0.15, 0.2) is 41.3 Å². The van der Waals surface area contributed by atoms with Crippen LogP contribution in [0.5, 0.6) is 11.5 Å². The van der Waals surface area contributed by atoms with Gasteiger partial charge >= 0.3 is 0 Å². The molecule has 2 aromatic rings. The predicted molar refractivity (Wildman–Crippen MR) is 95.8 cm³/mol. The van der Waals surface area contributed by atoms with Crippen molar-refractivity contribution in [3.8, 4) is 11.5 Å². The minimum absolute atomic E-state index is 0.0538. The number of nitrogens with one attached hydrogen (secondary N) is 2. The molecule has 7 heteroatoms. The molecule has 0 unspecified atom stereocenters. The number of benzene rings is 2. The van der Waals surface area contributed by atoms with Crippen molar-refractivity contribution >= 4 is 35.0 Å². The van der Waals surface area contributed by atoms with Gasteiger partial charge in [-0.3, -0.25) is 9.59 Å². The Morgan fingerprint density at radius 1 is 1.16 bits per heavy atom. The Labute approximate surface area is 148 Å². The number of thioether (sulfide) groups is 1. The van der Waals surface area contributed by atoms with Crippen LogP contribution < -0.4 is 20.1 Å². The zero-order valence-corrected chi connectivity index (χ0v) is 14.3. The number of hydrogen-bond donors (Lipinski definition) is 2. The molecule has 2 amide bonds. The Morgan fingerprint density at radius 3 is 2.80 bits per heavy atom. The summed E-state index contributed by atoms with van der Waals surface area (Å²) in [6, 6.07) is 10.6. The number of amides is 2. The van der Waals surface area contributed by atoms with Crippen LogP contribution in [0.25, 0.3) is 0 Å². The molecule has 2 N–H and O–H groups in total. The van der Waals surface area contributed by atoms with Gasteiger partial charge in [0.1, 0.15) is 13.2 Å². The highest BCUT2D eigenvalue weighted by Crippen LogP contribution is 2.36. The standard InChI is InChI=1S/C18H16N2O4S/c1-10-17(21)20-13-8-11(2-5-16(13)25-10)18(22)19-12-3-4-14-15(9-12)24-7-6-23-14/h2-5,8-10H,6-7H2,1H3,(H,19,22)(H,20,21)/t10-/m1/s1. The number of anilines is 2. The number of hydrogen-bond acceptors (Lipinski definition) is 5. The van der Waals surface area contributed by atoms with Crippen molar-refractivity contribution in [2.24, 2.45) is 0 Å². The summed E-state index contributed by atoms with van der Waals surface area (Å²) in [6.07, 6.45) is 0. The van der Waals surface area contributed by atoms with Crippen molar-refractivity contribution in [2.45, 2.75) is 17.1 Å². The number of ether oxygens (including phenoxy) is 2. The van der Waals surface area contributed by atoms with Crippen LogP contribution in [0, 0.1) is 0 Å². The van der Waals surface area contributed by atoms with E-state index in [0.29, 0.717) is 41.7 Å². The Morgan fingerprint density at radius 2 is 1.96 bits per heavy atom. The minimum atomic E-state index is -0.252. The fourth-order valence-corrected chi connectivity index (χ4v) is 3.60. The van der Waals surface area contributed by atoms with Crippen molar-refractivity contribution in [2.75, 3.05) is 23.8 Å². The topological polar surface area (TPSA) is 76.7 Å². The predicted octanol–water partition coefficient (Wildman–Crippen LogP) is 3.14. The lowest BCUT2D eigenvalue weighted by molar-refractivity contribution is -0.115. The fourth-order valence-electron chi connectivity index (χ4n) is 2.67. The van der Waals surface area contributed by atoms with E-state index in [0.717, 1.165) is 4.90 Å². The molecule has 128 valence electrons. The second-order valence-corrected chi connectivity index (χ2v) is 7.16. The van der Waals surface area contributed by atoms with Crippen LogP contribution in [0.4, 0.5) is 11.4 Å². The summed E-state index contributed by atoms with van der Waals surface area (Å²) in [7, 11) is 0. The second kappa shape index (κ2) is 6.33. The lowest BCUT2D eigenvalue weighted by atomic mass is 10.1. The van der Waals surface area contributed by atoms with Crippen LogP contribution in [0.3, 0.4) is 0 Å². The fraction of sp³-hybridized carbons (Fsp3) is 0.222. The third-order valence-electron chi connectivity index (χ3n) is 3.97. The maximum atomic E-state index is 12.5. The summed E-state index contributed by atoms with van der Waals surface area (Å²) in [4.78, 5) is 25.3. The number of carbonyl (C=O) groups excluding carboxylic acids is 2. The molecular formula is C18H16N2O4S. The molecule has 0 saturated heterocycles. The van der Waals surface area contributed by atoms with Gasteiger partial charge in [-0.1, -0.05) is 0 Å². The lowest BCUT2D eigenvalue weighted by Gasteiger charge is -2.22. The largest absolute Gasteiger partial charge is 0.486 e. The van der Waals surface area contributed by atoms with Crippen molar-refractivity contribution in [3.05, 3.63) is 42.0 Å². The van der Waals surface area contributed by atoms with Gasteiger partial charge in [0.05, 0.1) is 10.9 Å². The summed E-state index contributed by atoms with van der Waals surface area (Å²) >= 11 is 1.49. The Hall–Kier alpha value is -2.67. The number of fused-ring (bicyclic) bond motifs is 2. The highest BCUT2D eigenvalue weighted by molar-refractivity contribution is 8.00. The molecule has 2 aliphatic rings. The van der Waals surface area contributed by atoms with Gasteiger partial charge in [-0.25, -0.2) is 0 Å². The summed E-state index contributed by atoms with van der Waals surface area (Å²) in [5.74, 6) is 0.985. The van der Waals surface area contributed by atoms with Crippen LogP contribution in [-0.2, 0) is 4.79 Å². The van der Waals surface area contributed by atoms with Gasteiger partial charge in [-0.05, 0) is 37.3 Å². The first kappa shape index (κ1) is 15.8. The van der Waals surface area contributed by atoms with E-state index in [2.05, 4.69) is 10.6 Å². The summed E-state index contributed by atoms with van der Waals surface area (Å²) in [5.41, 5.74) is 1.77. The van der Waals surface area contributed by atoms with Gasteiger partial charge in [0.15, 0.2) is 11.5 Å². The Balaban J connectivity index is 1.54. The molecule has 2 heterocycles. The first-order chi connectivity index (χ1) is 12.1. The molecule has 0 bridgehead atoms. The molecular weight excluding hydrogens is 340 g/mol. The SMILES string of the molecule is C[C@H]1Sc2ccc(C(=O)Nc3ccc4c(c3)OCCO4)cc2NC1=O. The number of carbonyl (C=O) groups is 2. The summed E-state index contributed by atoms with van der Waals surface area (Å²) < 4.78 is 11.0. The van der Waals surface area contributed by atoms with E-state index in [-0.39, 0.29) is 17.1 Å². The Kier molecular flexibility index (Phi) is 4.01. The average Bonchev–Trinajstić information content (AvgIpc) is 2.62. The molecule has 0 aliphatic carbocycles. The number of rotatable bonds is 2. The van der Waals surface area contributed by atoms with Crippen molar-refractivity contribution in [3.63, 3.8) is 0 Å². The first-order valence-electron chi connectivity index (χ1n) is 7.93. The maximum Gasteiger partial charge on any atom is 0.255 e. The van der Waals surface area contributed by atoms with Crippen molar-refractivity contribution in [1.82, 2.24) is 0 Å². The van der Waals surface area contributed by atoms with E-state index in [1.165, 1.54) is 11.8 Å². The molecule has 0 fully saturated rings. The van der Waals surface area contributed by atoms with Gasteiger partial charge in [0.2, 0.25) is 5.91 Å². The zero-order chi connectivity index (χ0) is 17.4. The van der Waals surface area contributed by atoms with Gasteiger partial charge < -0.3 is 20.1 Å². The highest BCUT2D eigenvalue weighted by atomic mass is 32.2. The van der Waals surface area contributed by atoms with E-state index < -0.39 is 0 Å². The van der Waals surface area contributed by atoms with E-state index in [1.807, 2.05) is 13.0 Å². The zero-order valence-electron chi connectivity index (χ0n) is 13.5. The molecule has 25 heavy (non-hydrogen) atoms. The monoisotopic (exact) mass is 356 g/mol. The van der Waals surface area contributed by atoms with E-state index >= 15 is 0 Å². The van der Waals surface area contributed by atoms with Gasteiger partial charge in [-0.2, -0.15) is 0 Å². The Bertz CT molecular complexity index is 868. The smallest absolute Gasteiger partial charge is 0.255 e. The summed E-state index contributed by atoms with van der Waals surface area (Å²) in [5, 5.41) is 5.54. The van der Waals surface area contributed by atoms with E-state index in [1.54, 1.807) is 30.3 Å². The van der Waals surface area contributed by atoms with E-state index in [9.17, 15) is 9.59 Å². The van der Waals surface area contributed by atoms with Crippen LogP contribution in [0.1, 0.15) is 17.3 Å². The van der Waals surface area contributed by atoms with Crippen molar-refractivity contribution in [1.29, 1.82) is 0 Å². The lowest BCUT2D eigenvalue weighted by Crippen LogP contribution is -2.26. The van der Waals surface area contributed by atoms with Gasteiger partial charge in [-0.15, -0.1) is 11.8 Å². The minimum Gasteiger partial charge on any atom is -0.486 e. The third kappa shape index (κ3) is 3.15. The normalized spacial score (nSPS) is 18.1. The van der Waals surface area contributed by atoms with Crippen LogP contribution in [0.2, 0.25) is 0 Å². The molecule has 4 rings (SSSR count).